The SMILES string of the molecule is CCCN(CC(=O)NC)c1cnccc1CN. The van der Waals surface area contributed by atoms with E-state index in [1.54, 1.807) is 19.4 Å². The Labute approximate surface area is 102 Å². The summed E-state index contributed by atoms with van der Waals surface area (Å²) in [5.74, 6) is -0.00901. The predicted molar refractivity (Wildman–Crippen MR) is 68.7 cm³/mol. The number of nitrogens with two attached hydrogens (primary N) is 1. The number of aromatic nitrogens is 1. The quantitative estimate of drug-likeness (QED) is 0.754. The van der Waals surface area contributed by atoms with Crippen LogP contribution in [-0.2, 0) is 11.3 Å². The molecule has 94 valence electrons. The molecule has 0 atom stereocenters. The van der Waals surface area contributed by atoms with Crippen LogP contribution in [0.25, 0.3) is 0 Å². The average molecular weight is 236 g/mol. The minimum absolute atomic E-state index is 0.00901. The fourth-order valence-corrected chi connectivity index (χ4v) is 1.68. The third-order valence-electron chi connectivity index (χ3n) is 2.56. The van der Waals surface area contributed by atoms with E-state index in [-0.39, 0.29) is 5.91 Å². The molecule has 17 heavy (non-hydrogen) atoms. The molecule has 0 spiro atoms. The Hall–Kier alpha value is -1.62. The van der Waals surface area contributed by atoms with Gasteiger partial charge in [0, 0.05) is 26.3 Å². The molecule has 0 saturated heterocycles. The number of anilines is 1. The van der Waals surface area contributed by atoms with Crippen molar-refractivity contribution in [2.24, 2.45) is 5.73 Å². The van der Waals surface area contributed by atoms with Gasteiger partial charge in [-0.15, -0.1) is 0 Å². The van der Waals surface area contributed by atoms with Crippen LogP contribution in [0.1, 0.15) is 18.9 Å². The van der Waals surface area contributed by atoms with E-state index < -0.39 is 0 Å². The first-order valence-electron chi connectivity index (χ1n) is 5.81. The van der Waals surface area contributed by atoms with Crippen molar-refractivity contribution in [3.05, 3.63) is 24.0 Å². The lowest BCUT2D eigenvalue weighted by Gasteiger charge is -2.25. The second-order valence-corrected chi connectivity index (χ2v) is 3.80. The topological polar surface area (TPSA) is 71.2 Å². The third-order valence-corrected chi connectivity index (χ3v) is 2.56. The van der Waals surface area contributed by atoms with Crippen molar-refractivity contribution in [1.82, 2.24) is 10.3 Å². The van der Waals surface area contributed by atoms with Crippen LogP contribution in [0.4, 0.5) is 5.69 Å². The number of nitrogens with one attached hydrogen (secondary N) is 1. The number of likely N-dealkylation sites (N-methyl/N-ethyl adjacent to an activating group) is 1. The van der Waals surface area contributed by atoms with E-state index in [2.05, 4.69) is 17.2 Å². The Bertz CT molecular complexity index is 367. The lowest BCUT2D eigenvalue weighted by molar-refractivity contribution is -0.119. The van der Waals surface area contributed by atoms with Crippen molar-refractivity contribution in [3.8, 4) is 0 Å². The standard InChI is InChI=1S/C12H20N4O/c1-3-6-16(9-12(17)14-2)11-8-15-5-4-10(11)7-13/h4-5,8H,3,6-7,9,13H2,1-2H3,(H,14,17). The van der Waals surface area contributed by atoms with Gasteiger partial charge in [-0.2, -0.15) is 0 Å². The molecule has 0 aliphatic rings. The van der Waals surface area contributed by atoms with Crippen LogP contribution in [0, 0.1) is 0 Å². The molecule has 0 bridgehead atoms. The molecule has 0 aliphatic carbocycles. The minimum atomic E-state index is -0.00901. The Morgan fingerprint density at radius 2 is 2.35 bits per heavy atom. The number of carbonyl (C=O) groups is 1. The second kappa shape index (κ2) is 6.85. The summed E-state index contributed by atoms with van der Waals surface area (Å²) in [6.07, 6.45) is 4.45. The van der Waals surface area contributed by atoms with Gasteiger partial charge in [-0.3, -0.25) is 9.78 Å². The number of nitrogens with zero attached hydrogens (tertiary/aromatic N) is 2. The predicted octanol–water partition coefficient (Wildman–Crippen LogP) is 0.503. The summed E-state index contributed by atoms with van der Waals surface area (Å²) < 4.78 is 0. The highest BCUT2D eigenvalue weighted by atomic mass is 16.1. The number of pyridine rings is 1. The van der Waals surface area contributed by atoms with Gasteiger partial charge in [0.1, 0.15) is 0 Å². The molecule has 0 saturated carbocycles. The summed E-state index contributed by atoms with van der Waals surface area (Å²) in [5.41, 5.74) is 7.65. The highest BCUT2D eigenvalue weighted by Crippen LogP contribution is 2.18. The molecular formula is C12H20N4O. The van der Waals surface area contributed by atoms with Crippen LogP contribution in [-0.4, -0.2) is 31.0 Å². The van der Waals surface area contributed by atoms with E-state index >= 15 is 0 Å². The van der Waals surface area contributed by atoms with Gasteiger partial charge in [0.15, 0.2) is 0 Å². The molecule has 1 aromatic heterocycles. The smallest absolute Gasteiger partial charge is 0.239 e. The molecule has 0 aliphatic heterocycles. The van der Waals surface area contributed by atoms with Gasteiger partial charge in [-0.05, 0) is 18.1 Å². The average Bonchev–Trinajstić information content (AvgIpc) is 2.38. The summed E-state index contributed by atoms with van der Waals surface area (Å²) in [6, 6.07) is 1.89. The van der Waals surface area contributed by atoms with Gasteiger partial charge in [0.05, 0.1) is 18.4 Å². The Balaban J connectivity index is 2.91. The maximum Gasteiger partial charge on any atom is 0.239 e. The molecule has 0 fully saturated rings. The molecule has 0 radical (unpaired) electrons. The minimum Gasteiger partial charge on any atom is -0.361 e. The van der Waals surface area contributed by atoms with E-state index in [0.29, 0.717) is 13.1 Å². The number of hydrogen-bond donors (Lipinski definition) is 2. The largest absolute Gasteiger partial charge is 0.361 e. The zero-order valence-electron chi connectivity index (χ0n) is 10.4. The van der Waals surface area contributed by atoms with Gasteiger partial charge in [0.25, 0.3) is 0 Å². The number of carbonyl (C=O) groups excluding carboxylic acids is 1. The van der Waals surface area contributed by atoms with Crippen molar-refractivity contribution >= 4 is 11.6 Å². The van der Waals surface area contributed by atoms with E-state index in [0.717, 1.165) is 24.2 Å². The summed E-state index contributed by atoms with van der Waals surface area (Å²) in [6.45, 7) is 3.68. The van der Waals surface area contributed by atoms with Gasteiger partial charge in [-0.1, -0.05) is 6.92 Å². The molecule has 5 nitrogen and oxygen atoms in total. The fraction of sp³-hybridized carbons (Fsp3) is 0.500. The second-order valence-electron chi connectivity index (χ2n) is 3.80. The number of rotatable bonds is 6. The third kappa shape index (κ3) is 3.71. The highest BCUT2D eigenvalue weighted by Gasteiger charge is 2.12. The number of hydrogen-bond acceptors (Lipinski definition) is 4. The molecule has 1 aromatic rings. The molecule has 3 N–H and O–H groups in total. The Morgan fingerprint density at radius 1 is 1.59 bits per heavy atom. The van der Waals surface area contributed by atoms with Crippen LogP contribution in [0.2, 0.25) is 0 Å². The van der Waals surface area contributed by atoms with Gasteiger partial charge in [-0.25, -0.2) is 0 Å². The zero-order chi connectivity index (χ0) is 12.7. The Kier molecular flexibility index (Phi) is 5.42. The normalized spacial score (nSPS) is 10.1. The maximum atomic E-state index is 11.5. The first-order valence-corrected chi connectivity index (χ1v) is 5.81. The van der Waals surface area contributed by atoms with E-state index in [4.69, 9.17) is 5.73 Å². The molecule has 1 heterocycles. The summed E-state index contributed by atoms with van der Waals surface area (Å²) in [4.78, 5) is 17.6. The molecular weight excluding hydrogens is 216 g/mol. The number of amides is 1. The molecule has 0 unspecified atom stereocenters. The Morgan fingerprint density at radius 3 is 2.94 bits per heavy atom. The highest BCUT2D eigenvalue weighted by molar-refractivity contribution is 5.81. The molecule has 5 heteroatoms. The summed E-state index contributed by atoms with van der Waals surface area (Å²) in [7, 11) is 1.64. The van der Waals surface area contributed by atoms with Crippen molar-refractivity contribution in [2.45, 2.75) is 19.9 Å². The first kappa shape index (κ1) is 13.4. The first-order chi connectivity index (χ1) is 8.22. The summed E-state index contributed by atoms with van der Waals surface area (Å²) >= 11 is 0. The maximum absolute atomic E-state index is 11.5. The van der Waals surface area contributed by atoms with Crippen LogP contribution in [0.5, 0.6) is 0 Å². The van der Waals surface area contributed by atoms with E-state index in [9.17, 15) is 4.79 Å². The van der Waals surface area contributed by atoms with Crippen molar-refractivity contribution in [2.75, 3.05) is 25.0 Å². The fourth-order valence-electron chi connectivity index (χ4n) is 1.68. The van der Waals surface area contributed by atoms with Crippen LogP contribution in [0.3, 0.4) is 0 Å². The molecule has 1 amide bonds. The lowest BCUT2D eigenvalue weighted by Crippen LogP contribution is -2.36. The lowest BCUT2D eigenvalue weighted by atomic mass is 10.2. The monoisotopic (exact) mass is 236 g/mol. The summed E-state index contributed by atoms with van der Waals surface area (Å²) in [5, 5.41) is 2.63. The van der Waals surface area contributed by atoms with E-state index in [1.807, 2.05) is 11.0 Å². The van der Waals surface area contributed by atoms with Gasteiger partial charge < -0.3 is 16.0 Å². The van der Waals surface area contributed by atoms with Crippen molar-refractivity contribution < 1.29 is 4.79 Å². The molecule has 1 rings (SSSR count). The van der Waals surface area contributed by atoms with Crippen LogP contribution in [0.15, 0.2) is 18.5 Å². The van der Waals surface area contributed by atoms with Crippen molar-refractivity contribution in [3.63, 3.8) is 0 Å². The van der Waals surface area contributed by atoms with Crippen LogP contribution >= 0.6 is 0 Å². The van der Waals surface area contributed by atoms with Gasteiger partial charge in [0.2, 0.25) is 5.91 Å². The van der Waals surface area contributed by atoms with Crippen LogP contribution < -0.4 is 16.0 Å². The van der Waals surface area contributed by atoms with Gasteiger partial charge >= 0.3 is 0 Å². The molecule has 0 aromatic carbocycles. The van der Waals surface area contributed by atoms with Crippen molar-refractivity contribution in [1.29, 1.82) is 0 Å². The van der Waals surface area contributed by atoms with E-state index in [1.165, 1.54) is 0 Å². The zero-order valence-corrected chi connectivity index (χ0v) is 10.4.